The summed E-state index contributed by atoms with van der Waals surface area (Å²) < 4.78 is 0. The highest BCUT2D eigenvalue weighted by molar-refractivity contribution is 5.81. The molecule has 1 heterocycles. The number of hydrogen-bond donors (Lipinski definition) is 0. The fourth-order valence-electron chi connectivity index (χ4n) is 6.41. The Hall–Kier alpha value is -4.31. The maximum atomic E-state index is 4.95. The van der Waals surface area contributed by atoms with Crippen molar-refractivity contribution in [1.82, 2.24) is 15.0 Å². The van der Waals surface area contributed by atoms with E-state index in [2.05, 4.69) is 139 Å². The van der Waals surface area contributed by atoms with E-state index in [1.807, 2.05) is 0 Å². The molecule has 0 aliphatic carbocycles. The fraction of sp³-hybridized carbons (Fsp3) is 0.270. The van der Waals surface area contributed by atoms with Gasteiger partial charge in [0.2, 0.25) is 0 Å². The van der Waals surface area contributed by atoms with Gasteiger partial charge in [0.05, 0.1) is 0 Å². The van der Waals surface area contributed by atoms with Crippen LogP contribution in [0.25, 0.3) is 33.9 Å². The zero-order valence-corrected chi connectivity index (χ0v) is 26.1. The summed E-state index contributed by atoms with van der Waals surface area (Å²) in [6, 6.07) is 19.9. The molecule has 0 radical (unpaired) electrons. The normalized spacial score (nSPS) is 11.2. The van der Waals surface area contributed by atoms with Crippen molar-refractivity contribution in [3.63, 3.8) is 0 Å². The van der Waals surface area contributed by atoms with Crippen molar-refractivity contribution >= 4 is 11.4 Å². The van der Waals surface area contributed by atoms with Crippen LogP contribution in [-0.2, 0) is 0 Å². The number of hydrogen-bond acceptors (Lipinski definition) is 4. The average Bonchev–Trinajstić information content (AvgIpc) is 2.91. The number of nitrogens with zero attached hydrogens (tertiary/aromatic N) is 4. The SMILES string of the molecule is Cc1cc(C)cc(-c2ncnc(-c3c(C)c(C)c(N(C)c4ccc(-c5c(C)cc(C)cc5C)cc4)c(C)c3C)n2)c1. The number of benzene rings is 4. The number of aryl methyl sites for hydroxylation is 5. The second-order valence-electron chi connectivity index (χ2n) is 11.6. The molecule has 0 bridgehead atoms. The molecule has 0 aliphatic rings. The number of rotatable bonds is 5. The van der Waals surface area contributed by atoms with Gasteiger partial charge in [0, 0.05) is 29.5 Å². The van der Waals surface area contributed by atoms with Crippen molar-refractivity contribution in [3.05, 3.63) is 111 Å². The Bertz CT molecular complexity index is 1710. The van der Waals surface area contributed by atoms with Crippen LogP contribution in [0.3, 0.4) is 0 Å². The lowest BCUT2D eigenvalue weighted by Gasteiger charge is -2.28. The van der Waals surface area contributed by atoms with Crippen LogP contribution in [0, 0.1) is 62.3 Å². The lowest BCUT2D eigenvalue weighted by atomic mass is 9.90. The molecule has 0 amide bonds. The van der Waals surface area contributed by atoms with Crippen LogP contribution >= 0.6 is 0 Å². The third kappa shape index (κ3) is 5.27. The third-order valence-corrected chi connectivity index (χ3v) is 8.42. The fourth-order valence-corrected chi connectivity index (χ4v) is 6.41. The molecule has 41 heavy (non-hydrogen) atoms. The van der Waals surface area contributed by atoms with Gasteiger partial charge in [-0.05, 0) is 131 Å². The van der Waals surface area contributed by atoms with E-state index < -0.39 is 0 Å². The Labute approximate surface area is 245 Å². The topological polar surface area (TPSA) is 41.9 Å². The second kappa shape index (κ2) is 10.9. The minimum Gasteiger partial charge on any atom is -0.344 e. The minimum absolute atomic E-state index is 0.705. The summed E-state index contributed by atoms with van der Waals surface area (Å²) in [5.74, 6) is 1.42. The van der Waals surface area contributed by atoms with E-state index in [4.69, 9.17) is 4.98 Å². The molecule has 5 aromatic rings. The molecule has 5 rings (SSSR count). The summed E-state index contributed by atoms with van der Waals surface area (Å²) in [5.41, 5.74) is 18.2. The van der Waals surface area contributed by atoms with Crippen molar-refractivity contribution < 1.29 is 0 Å². The van der Waals surface area contributed by atoms with Gasteiger partial charge in [-0.1, -0.05) is 47.0 Å². The molecule has 0 fully saturated rings. The smallest absolute Gasteiger partial charge is 0.163 e. The summed E-state index contributed by atoms with van der Waals surface area (Å²) >= 11 is 0. The molecule has 4 aromatic carbocycles. The van der Waals surface area contributed by atoms with Crippen LogP contribution in [0.2, 0.25) is 0 Å². The first kappa shape index (κ1) is 28.2. The molecule has 0 N–H and O–H groups in total. The molecule has 0 saturated carbocycles. The van der Waals surface area contributed by atoms with Gasteiger partial charge >= 0.3 is 0 Å². The van der Waals surface area contributed by atoms with Crippen LogP contribution in [0.1, 0.15) is 50.1 Å². The first-order valence-corrected chi connectivity index (χ1v) is 14.3. The van der Waals surface area contributed by atoms with Gasteiger partial charge in [-0.15, -0.1) is 0 Å². The summed E-state index contributed by atoms with van der Waals surface area (Å²) in [6.45, 7) is 19.5. The molecule has 1 aromatic heterocycles. The number of anilines is 2. The molecule has 208 valence electrons. The van der Waals surface area contributed by atoms with Crippen LogP contribution in [-0.4, -0.2) is 22.0 Å². The van der Waals surface area contributed by atoms with Crippen LogP contribution in [0.15, 0.2) is 60.9 Å². The summed E-state index contributed by atoms with van der Waals surface area (Å²) in [6.07, 6.45) is 1.64. The minimum atomic E-state index is 0.705. The molecule has 4 nitrogen and oxygen atoms in total. The summed E-state index contributed by atoms with van der Waals surface area (Å²) in [7, 11) is 2.16. The molecule has 0 spiro atoms. The van der Waals surface area contributed by atoms with Crippen molar-refractivity contribution in [2.75, 3.05) is 11.9 Å². The Morgan fingerprint density at radius 2 is 1.02 bits per heavy atom. The monoisotopic (exact) mass is 540 g/mol. The Balaban J connectivity index is 1.54. The maximum Gasteiger partial charge on any atom is 0.163 e. The Morgan fingerprint density at radius 1 is 0.512 bits per heavy atom. The van der Waals surface area contributed by atoms with E-state index in [0.717, 1.165) is 22.6 Å². The van der Waals surface area contributed by atoms with Gasteiger partial charge in [-0.2, -0.15) is 0 Å². The van der Waals surface area contributed by atoms with E-state index in [-0.39, 0.29) is 0 Å². The molecular formula is C37H40N4. The first-order chi connectivity index (χ1) is 19.5. The van der Waals surface area contributed by atoms with Gasteiger partial charge in [0.15, 0.2) is 11.6 Å². The standard InChI is InChI=1S/C37H40N4/c1-21-15-22(2)19-31(18-21)36-38-20-39-37(40-36)34-26(6)28(8)35(29(9)27(34)7)41(10)32-13-11-30(12-14-32)33-24(4)16-23(3)17-25(33)5/h11-20H,1-10H3. The predicted octanol–water partition coefficient (Wildman–Crippen LogP) is 9.42. The predicted molar refractivity (Wildman–Crippen MR) is 173 cm³/mol. The molecular weight excluding hydrogens is 500 g/mol. The zero-order chi connectivity index (χ0) is 29.6. The van der Waals surface area contributed by atoms with Crippen LogP contribution in [0.5, 0.6) is 0 Å². The van der Waals surface area contributed by atoms with Crippen molar-refractivity contribution in [2.24, 2.45) is 0 Å². The maximum absolute atomic E-state index is 4.95. The number of aromatic nitrogens is 3. The van der Waals surface area contributed by atoms with Gasteiger partial charge in [0.25, 0.3) is 0 Å². The van der Waals surface area contributed by atoms with Gasteiger partial charge in [-0.3, -0.25) is 0 Å². The highest BCUT2D eigenvalue weighted by atomic mass is 15.1. The summed E-state index contributed by atoms with van der Waals surface area (Å²) in [5, 5.41) is 0. The van der Waals surface area contributed by atoms with Crippen LogP contribution in [0.4, 0.5) is 11.4 Å². The second-order valence-corrected chi connectivity index (χ2v) is 11.6. The van der Waals surface area contributed by atoms with Gasteiger partial charge < -0.3 is 4.90 Å². The highest BCUT2D eigenvalue weighted by Crippen LogP contribution is 2.40. The van der Waals surface area contributed by atoms with Crippen molar-refractivity contribution in [2.45, 2.75) is 62.3 Å². The largest absolute Gasteiger partial charge is 0.344 e. The van der Waals surface area contributed by atoms with E-state index in [1.165, 1.54) is 66.9 Å². The van der Waals surface area contributed by atoms with E-state index >= 15 is 0 Å². The lowest BCUT2D eigenvalue weighted by Crippen LogP contribution is -2.15. The lowest BCUT2D eigenvalue weighted by molar-refractivity contribution is 1.05. The molecule has 0 atom stereocenters. The molecule has 0 unspecified atom stereocenters. The average molecular weight is 541 g/mol. The van der Waals surface area contributed by atoms with Gasteiger partial charge in [-0.25, -0.2) is 15.0 Å². The van der Waals surface area contributed by atoms with Gasteiger partial charge in [0.1, 0.15) is 6.33 Å². The Morgan fingerprint density at radius 3 is 1.59 bits per heavy atom. The molecule has 0 aliphatic heterocycles. The molecule has 0 saturated heterocycles. The summed E-state index contributed by atoms with van der Waals surface area (Å²) in [4.78, 5) is 16.4. The highest BCUT2D eigenvalue weighted by Gasteiger charge is 2.21. The van der Waals surface area contributed by atoms with Crippen molar-refractivity contribution in [3.8, 4) is 33.9 Å². The first-order valence-electron chi connectivity index (χ1n) is 14.3. The Kier molecular flexibility index (Phi) is 7.52. The van der Waals surface area contributed by atoms with Crippen molar-refractivity contribution in [1.29, 1.82) is 0 Å². The van der Waals surface area contributed by atoms with Crippen LogP contribution < -0.4 is 4.90 Å². The quantitative estimate of drug-likeness (QED) is 0.223. The van der Waals surface area contributed by atoms with E-state index in [0.29, 0.717) is 5.82 Å². The van der Waals surface area contributed by atoms with E-state index in [1.54, 1.807) is 6.33 Å². The zero-order valence-electron chi connectivity index (χ0n) is 26.1. The third-order valence-electron chi connectivity index (χ3n) is 8.42. The molecule has 4 heteroatoms. The van der Waals surface area contributed by atoms with E-state index in [9.17, 15) is 0 Å².